The van der Waals surface area contributed by atoms with E-state index >= 15 is 0 Å². The Bertz CT molecular complexity index is 1110. The number of rotatable bonds is 6. The van der Waals surface area contributed by atoms with Gasteiger partial charge in [-0.05, 0) is 19.9 Å². The van der Waals surface area contributed by atoms with Crippen molar-refractivity contribution in [2.24, 2.45) is 0 Å². The molecular formula is C19H23FN5O4P. The van der Waals surface area contributed by atoms with Crippen LogP contribution in [0.5, 0.6) is 0 Å². The zero-order valence-corrected chi connectivity index (χ0v) is 17.6. The van der Waals surface area contributed by atoms with Crippen molar-refractivity contribution in [1.29, 1.82) is 0 Å². The molecule has 3 heterocycles. The third kappa shape index (κ3) is 4.37. The third-order valence-corrected chi connectivity index (χ3v) is 6.47. The number of imidazole rings is 1. The average Bonchev–Trinajstić information content (AvgIpc) is 3.12. The molecule has 30 heavy (non-hydrogen) atoms. The first-order valence-electron chi connectivity index (χ1n) is 9.55. The molecule has 4 rings (SSSR count). The second kappa shape index (κ2) is 8.39. The van der Waals surface area contributed by atoms with E-state index in [1.54, 1.807) is 23.0 Å². The lowest BCUT2D eigenvalue weighted by Crippen LogP contribution is -2.21. The number of benzene rings is 1. The van der Waals surface area contributed by atoms with Gasteiger partial charge in [-0.3, -0.25) is 9.09 Å². The molecule has 3 aromatic rings. The Balaban J connectivity index is 1.40. The van der Waals surface area contributed by atoms with Crippen molar-refractivity contribution in [1.82, 2.24) is 19.5 Å². The van der Waals surface area contributed by atoms with Gasteiger partial charge in [0.1, 0.15) is 24.0 Å². The summed E-state index contributed by atoms with van der Waals surface area (Å²) >= 11 is 0. The van der Waals surface area contributed by atoms with E-state index in [1.165, 1.54) is 12.4 Å². The normalized spacial score (nSPS) is 23.0. The number of fused-ring (bicyclic) bond motifs is 1. The highest BCUT2D eigenvalue weighted by atomic mass is 31.2. The summed E-state index contributed by atoms with van der Waals surface area (Å²) < 4.78 is 45.8. The summed E-state index contributed by atoms with van der Waals surface area (Å²) in [6, 6.07) is 4.77. The van der Waals surface area contributed by atoms with Crippen LogP contribution >= 0.6 is 7.60 Å². The highest BCUT2D eigenvalue weighted by molar-refractivity contribution is 7.53. The molecule has 1 saturated heterocycles. The Morgan fingerprint density at radius 1 is 1.40 bits per heavy atom. The smallest absolute Gasteiger partial charge is 0.356 e. The van der Waals surface area contributed by atoms with E-state index in [4.69, 9.17) is 19.5 Å². The van der Waals surface area contributed by atoms with Gasteiger partial charge in [0.15, 0.2) is 11.5 Å². The molecule has 1 aliphatic heterocycles. The number of halogens is 1. The maximum atomic E-state index is 14.2. The number of nitrogen functional groups attached to an aromatic ring is 1. The Hall–Kier alpha value is -2.39. The molecule has 1 fully saturated rings. The van der Waals surface area contributed by atoms with Gasteiger partial charge in [-0.2, -0.15) is 0 Å². The maximum absolute atomic E-state index is 14.2. The number of nitrogens with two attached hydrogens (primary N) is 1. The van der Waals surface area contributed by atoms with Crippen LogP contribution in [-0.2, 0) is 24.9 Å². The van der Waals surface area contributed by atoms with Gasteiger partial charge in [0.25, 0.3) is 0 Å². The van der Waals surface area contributed by atoms with Crippen LogP contribution in [0.15, 0.2) is 30.9 Å². The van der Waals surface area contributed by atoms with E-state index < -0.39 is 13.7 Å². The number of hydrogen-bond donors (Lipinski definition) is 1. The molecule has 11 heteroatoms. The molecule has 0 bridgehead atoms. The predicted molar refractivity (Wildman–Crippen MR) is 108 cm³/mol. The summed E-state index contributed by atoms with van der Waals surface area (Å²) in [6.45, 7) is 4.30. The van der Waals surface area contributed by atoms with Gasteiger partial charge in [0, 0.05) is 12.0 Å². The predicted octanol–water partition coefficient (Wildman–Crippen LogP) is 3.59. The molecule has 0 spiro atoms. The van der Waals surface area contributed by atoms with Gasteiger partial charge in [0.05, 0.1) is 31.7 Å². The molecular weight excluding hydrogens is 412 g/mol. The Morgan fingerprint density at radius 2 is 2.23 bits per heavy atom. The minimum Gasteiger partial charge on any atom is -0.382 e. The average molecular weight is 435 g/mol. The Kier molecular flexibility index (Phi) is 5.84. The number of ether oxygens (including phenoxy) is 1. The number of hydrogen-bond acceptors (Lipinski definition) is 8. The van der Waals surface area contributed by atoms with Crippen LogP contribution in [-0.4, -0.2) is 38.6 Å². The molecule has 1 aromatic carbocycles. The van der Waals surface area contributed by atoms with Crippen molar-refractivity contribution >= 4 is 24.6 Å². The molecule has 0 saturated carbocycles. The minimum absolute atomic E-state index is 0.204. The molecule has 160 valence electrons. The van der Waals surface area contributed by atoms with E-state index in [2.05, 4.69) is 15.0 Å². The van der Waals surface area contributed by atoms with Crippen molar-refractivity contribution in [2.45, 2.75) is 39.0 Å². The molecule has 1 aliphatic rings. The first-order chi connectivity index (χ1) is 14.3. The number of aromatic nitrogens is 4. The van der Waals surface area contributed by atoms with Gasteiger partial charge >= 0.3 is 7.60 Å². The molecule has 0 unspecified atom stereocenters. The molecule has 2 N–H and O–H groups in total. The number of aryl methyl sites for hydroxylation is 1. The van der Waals surface area contributed by atoms with Crippen LogP contribution in [0.4, 0.5) is 10.2 Å². The lowest BCUT2D eigenvalue weighted by atomic mass is 10.0. The van der Waals surface area contributed by atoms with Gasteiger partial charge < -0.3 is 19.6 Å². The molecule has 9 nitrogen and oxygen atoms in total. The first kappa shape index (κ1) is 20.9. The Morgan fingerprint density at radius 3 is 3.07 bits per heavy atom. The third-order valence-electron chi connectivity index (χ3n) is 4.85. The number of anilines is 1. The lowest BCUT2D eigenvalue weighted by molar-refractivity contribution is 0.0331. The fourth-order valence-electron chi connectivity index (χ4n) is 3.35. The van der Waals surface area contributed by atoms with Crippen LogP contribution < -0.4 is 5.73 Å². The van der Waals surface area contributed by atoms with E-state index in [1.807, 2.05) is 13.8 Å². The topological polar surface area (TPSA) is 114 Å². The van der Waals surface area contributed by atoms with Crippen LogP contribution in [0.2, 0.25) is 0 Å². The zero-order chi connectivity index (χ0) is 21.3. The summed E-state index contributed by atoms with van der Waals surface area (Å²) in [4.78, 5) is 12.3. The summed E-state index contributed by atoms with van der Waals surface area (Å²) in [6.07, 6.45) is 2.17. The molecule has 3 atom stereocenters. The largest absolute Gasteiger partial charge is 0.382 e. The minimum atomic E-state index is -3.53. The number of nitrogens with zero attached hydrogens (tertiary/aromatic N) is 4. The maximum Gasteiger partial charge on any atom is 0.356 e. The highest BCUT2D eigenvalue weighted by Gasteiger charge is 2.36. The van der Waals surface area contributed by atoms with Gasteiger partial charge in [-0.1, -0.05) is 17.7 Å². The lowest BCUT2D eigenvalue weighted by Gasteiger charge is -2.30. The second-order valence-corrected chi connectivity index (χ2v) is 9.24. The summed E-state index contributed by atoms with van der Waals surface area (Å²) in [5, 5.41) is 0. The molecule has 0 aliphatic carbocycles. The fraction of sp³-hybridized carbons (Fsp3) is 0.421. The summed E-state index contributed by atoms with van der Waals surface area (Å²) in [5.41, 5.74) is 8.19. The van der Waals surface area contributed by atoms with Crippen molar-refractivity contribution in [3.05, 3.63) is 47.8 Å². The van der Waals surface area contributed by atoms with Crippen LogP contribution in [0, 0.1) is 12.7 Å². The van der Waals surface area contributed by atoms with Crippen LogP contribution in [0.25, 0.3) is 11.2 Å². The van der Waals surface area contributed by atoms with E-state index in [0.717, 1.165) is 5.56 Å². The van der Waals surface area contributed by atoms with E-state index in [-0.39, 0.29) is 24.9 Å². The van der Waals surface area contributed by atoms with Gasteiger partial charge in [0.2, 0.25) is 0 Å². The van der Waals surface area contributed by atoms with E-state index in [0.29, 0.717) is 35.5 Å². The monoisotopic (exact) mass is 435 g/mol. The molecule has 0 amide bonds. The zero-order valence-electron chi connectivity index (χ0n) is 16.7. The Labute approximate surface area is 172 Å². The highest BCUT2D eigenvalue weighted by Crippen LogP contribution is 2.56. The molecule has 2 aromatic heterocycles. The van der Waals surface area contributed by atoms with Crippen molar-refractivity contribution in [3.8, 4) is 0 Å². The summed E-state index contributed by atoms with van der Waals surface area (Å²) in [5.74, 6) is -0.0863. The first-order valence-corrected chi connectivity index (χ1v) is 11.3. The SMILES string of the molecule is Cc1ccc(F)c([C@H]2CCO[P@@](=O)(CO[C@H](C)Cn3cnc4c(N)ncnc43)O2)c1. The van der Waals surface area contributed by atoms with Crippen molar-refractivity contribution < 1.29 is 22.7 Å². The fourth-order valence-corrected chi connectivity index (χ4v) is 4.97. The standard InChI is InChI=1S/C19H23FN5O4P/c1-12-3-4-15(20)14(7-12)16-5-6-28-30(26,29-16)11-27-13(2)8-25-10-24-17-18(21)22-9-23-19(17)25/h3-4,7,9-10,13,16H,5-6,8,11H2,1-2H3,(H2,21,22,23)/t13-,16-,30+/m1/s1. The molecule has 0 radical (unpaired) electrons. The van der Waals surface area contributed by atoms with Crippen LogP contribution in [0.3, 0.4) is 0 Å². The summed E-state index contributed by atoms with van der Waals surface area (Å²) in [7, 11) is -3.53. The van der Waals surface area contributed by atoms with Crippen LogP contribution in [0.1, 0.15) is 30.6 Å². The van der Waals surface area contributed by atoms with E-state index in [9.17, 15) is 8.96 Å². The van der Waals surface area contributed by atoms with Crippen molar-refractivity contribution in [2.75, 3.05) is 18.7 Å². The van der Waals surface area contributed by atoms with Crippen molar-refractivity contribution in [3.63, 3.8) is 0 Å². The van der Waals surface area contributed by atoms with Gasteiger partial charge in [-0.15, -0.1) is 0 Å². The second-order valence-electron chi connectivity index (χ2n) is 7.29. The van der Waals surface area contributed by atoms with Gasteiger partial charge in [-0.25, -0.2) is 19.3 Å². The quantitative estimate of drug-likeness (QED) is 0.584.